The summed E-state index contributed by atoms with van der Waals surface area (Å²) < 4.78 is 25.8. The second-order valence-electron chi connectivity index (χ2n) is 5.37. The fraction of sp³-hybridized carbons (Fsp3) is 0.188. The van der Waals surface area contributed by atoms with Gasteiger partial charge in [-0.25, -0.2) is 4.39 Å². The van der Waals surface area contributed by atoms with E-state index in [4.69, 9.17) is 0 Å². The second kappa shape index (κ2) is 5.06. The number of halogens is 1. The summed E-state index contributed by atoms with van der Waals surface area (Å²) in [5.74, 6) is 0.102. The van der Waals surface area contributed by atoms with Gasteiger partial charge >= 0.3 is 0 Å². The van der Waals surface area contributed by atoms with Crippen molar-refractivity contribution in [3.8, 4) is 0 Å². The summed E-state index contributed by atoms with van der Waals surface area (Å²) >= 11 is 0. The van der Waals surface area contributed by atoms with Crippen molar-refractivity contribution in [2.24, 2.45) is 0 Å². The van der Waals surface area contributed by atoms with Gasteiger partial charge in [0.25, 0.3) is 5.56 Å². The van der Waals surface area contributed by atoms with Crippen LogP contribution in [0.5, 0.6) is 0 Å². The Labute approximate surface area is 133 Å². The predicted octanol–water partition coefficient (Wildman–Crippen LogP) is 2.71. The molecule has 2 unspecified atom stereocenters. The van der Waals surface area contributed by atoms with Crippen molar-refractivity contribution in [3.05, 3.63) is 46.6 Å². The standard InChI is InChI=1S/C16H14FN3O2S/c1-2-23(22)16-19-13-9-4-3-8(17)7-11(9)12-10(14(13)20-16)5-6-18-15(12)21/h3-7,16,19-20H,2H2,1H3,(H,18,21). The average molecular weight is 331 g/mol. The maximum atomic E-state index is 13.7. The Hall–Kier alpha value is -2.41. The molecule has 23 heavy (non-hydrogen) atoms. The Morgan fingerprint density at radius 2 is 1.87 bits per heavy atom. The fourth-order valence-corrected chi connectivity index (χ4v) is 3.89. The number of nitrogens with one attached hydrogen (secondary N) is 3. The van der Waals surface area contributed by atoms with Crippen LogP contribution in [0.2, 0.25) is 0 Å². The number of aromatic amines is 1. The zero-order valence-corrected chi connectivity index (χ0v) is 13.1. The third-order valence-electron chi connectivity index (χ3n) is 4.10. The first kappa shape index (κ1) is 14.2. The molecule has 0 saturated carbocycles. The van der Waals surface area contributed by atoms with E-state index in [9.17, 15) is 13.4 Å². The lowest BCUT2D eigenvalue weighted by Crippen LogP contribution is -2.28. The van der Waals surface area contributed by atoms with Gasteiger partial charge in [0, 0.05) is 28.1 Å². The van der Waals surface area contributed by atoms with Crippen LogP contribution < -0.4 is 16.2 Å². The van der Waals surface area contributed by atoms with Crippen LogP contribution >= 0.6 is 0 Å². The van der Waals surface area contributed by atoms with E-state index in [1.807, 2.05) is 6.92 Å². The largest absolute Gasteiger partial charge is 0.353 e. The molecule has 2 heterocycles. The number of pyridine rings is 1. The van der Waals surface area contributed by atoms with Crippen LogP contribution in [0.3, 0.4) is 0 Å². The van der Waals surface area contributed by atoms with Gasteiger partial charge < -0.3 is 15.6 Å². The normalized spacial score (nSPS) is 17.7. The molecule has 0 bridgehead atoms. The van der Waals surface area contributed by atoms with Gasteiger partial charge in [-0.2, -0.15) is 0 Å². The summed E-state index contributed by atoms with van der Waals surface area (Å²) in [5, 5.41) is 8.80. The van der Waals surface area contributed by atoms with Gasteiger partial charge in [-0.1, -0.05) is 6.92 Å². The molecule has 5 nitrogen and oxygen atoms in total. The Bertz CT molecular complexity index is 1030. The first-order chi connectivity index (χ1) is 11.1. The molecule has 4 rings (SSSR count). The van der Waals surface area contributed by atoms with E-state index < -0.39 is 22.1 Å². The second-order valence-corrected chi connectivity index (χ2v) is 7.18. The van der Waals surface area contributed by atoms with Gasteiger partial charge in [0.05, 0.1) is 27.6 Å². The zero-order valence-electron chi connectivity index (χ0n) is 12.3. The molecule has 0 aliphatic carbocycles. The number of benzene rings is 2. The number of H-pyrrole nitrogens is 1. The highest BCUT2D eigenvalue weighted by atomic mass is 32.2. The molecule has 2 atom stereocenters. The van der Waals surface area contributed by atoms with Gasteiger partial charge in [0.2, 0.25) is 0 Å². The van der Waals surface area contributed by atoms with Crippen LogP contribution in [0.4, 0.5) is 15.8 Å². The lowest BCUT2D eigenvalue weighted by atomic mass is 10.00. The van der Waals surface area contributed by atoms with Gasteiger partial charge in [-0.05, 0) is 24.3 Å². The number of rotatable bonds is 2. The Balaban J connectivity index is 2.12. The minimum atomic E-state index is -1.11. The SMILES string of the molecule is CCS(=O)C1Nc2c(c3cc[nH]c(=O)c3c3cc(F)ccc23)N1. The van der Waals surface area contributed by atoms with E-state index >= 15 is 0 Å². The number of anilines is 2. The lowest BCUT2D eigenvalue weighted by Gasteiger charge is -2.10. The Kier molecular flexibility index (Phi) is 3.12. The van der Waals surface area contributed by atoms with Gasteiger partial charge in [0.15, 0.2) is 5.50 Å². The van der Waals surface area contributed by atoms with Crippen molar-refractivity contribution in [1.82, 2.24) is 4.98 Å². The topological polar surface area (TPSA) is 74.0 Å². The molecule has 0 saturated heterocycles. The summed E-state index contributed by atoms with van der Waals surface area (Å²) in [5.41, 5.74) is 0.790. The third kappa shape index (κ3) is 2.03. The molecule has 0 fully saturated rings. The summed E-state index contributed by atoms with van der Waals surface area (Å²) in [6.07, 6.45) is 1.56. The van der Waals surface area contributed by atoms with Crippen LogP contribution in [0.1, 0.15) is 6.92 Å². The van der Waals surface area contributed by atoms with E-state index in [0.717, 1.165) is 16.8 Å². The minimum Gasteiger partial charge on any atom is -0.353 e. The van der Waals surface area contributed by atoms with Gasteiger partial charge in [0.1, 0.15) is 5.82 Å². The van der Waals surface area contributed by atoms with E-state index in [1.165, 1.54) is 12.1 Å². The molecule has 118 valence electrons. The molecule has 3 N–H and O–H groups in total. The molecule has 1 aliphatic heterocycles. The smallest absolute Gasteiger partial charge is 0.256 e. The number of fused-ring (bicyclic) bond motifs is 6. The maximum Gasteiger partial charge on any atom is 0.256 e. The van der Waals surface area contributed by atoms with Crippen molar-refractivity contribution >= 4 is 43.7 Å². The average Bonchev–Trinajstić information content (AvgIpc) is 2.99. The Morgan fingerprint density at radius 1 is 1.13 bits per heavy atom. The molecular formula is C16H14FN3O2S. The first-order valence-corrected chi connectivity index (χ1v) is 8.65. The van der Waals surface area contributed by atoms with E-state index in [1.54, 1.807) is 18.3 Å². The van der Waals surface area contributed by atoms with Crippen molar-refractivity contribution in [2.45, 2.75) is 12.4 Å². The number of hydrogen-bond donors (Lipinski definition) is 3. The Morgan fingerprint density at radius 3 is 2.61 bits per heavy atom. The van der Waals surface area contributed by atoms with Crippen LogP contribution in [-0.4, -0.2) is 20.4 Å². The highest BCUT2D eigenvalue weighted by Gasteiger charge is 2.28. The molecule has 7 heteroatoms. The molecule has 0 radical (unpaired) electrons. The molecular weight excluding hydrogens is 317 g/mol. The van der Waals surface area contributed by atoms with Crippen molar-refractivity contribution < 1.29 is 8.60 Å². The number of aromatic nitrogens is 1. The zero-order chi connectivity index (χ0) is 16.1. The van der Waals surface area contributed by atoms with E-state index in [-0.39, 0.29) is 5.56 Å². The molecule has 0 amide bonds. The van der Waals surface area contributed by atoms with Gasteiger partial charge in [-0.3, -0.25) is 9.00 Å². The van der Waals surface area contributed by atoms with Crippen LogP contribution in [0, 0.1) is 5.82 Å². The van der Waals surface area contributed by atoms with E-state index in [2.05, 4.69) is 15.6 Å². The summed E-state index contributed by atoms with van der Waals surface area (Å²) in [4.78, 5) is 14.9. The molecule has 3 aromatic rings. The van der Waals surface area contributed by atoms with E-state index in [0.29, 0.717) is 21.9 Å². The fourth-order valence-electron chi connectivity index (χ4n) is 3.06. The molecule has 2 aromatic carbocycles. The number of hydrogen-bond acceptors (Lipinski definition) is 4. The first-order valence-electron chi connectivity index (χ1n) is 7.27. The highest BCUT2D eigenvalue weighted by Crippen LogP contribution is 2.43. The molecule has 1 aliphatic rings. The highest BCUT2D eigenvalue weighted by molar-refractivity contribution is 7.85. The monoisotopic (exact) mass is 331 g/mol. The summed E-state index contributed by atoms with van der Waals surface area (Å²) in [6.45, 7) is 1.85. The summed E-state index contributed by atoms with van der Waals surface area (Å²) in [7, 11) is -1.11. The minimum absolute atomic E-state index is 0.275. The predicted molar refractivity (Wildman–Crippen MR) is 91.7 cm³/mol. The van der Waals surface area contributed by atoms with Gasteiger partial charge in [-0.15, -0.1) is 0 Å². The van der Waals surface area contributed by atoms with Crippen LogP contribution in [0.15, 0.2) is 35.3 Å². The quantitative estimate of drug-likeness (QED) is 0.631. The third-order valence-corrected chi connectivity index (χ3v) is 5.43. The summed E-state index contributed by atoms with van der Waals surface area (Å²) in [6, 6.07) is 6.13. The van der Waals surface area contributed by atoms with Crippen molar-refractivity contribution in [2.75, 3.05) is 16.4 Å². The molecule has 1 aromatic heterocycles. The molecule has 0 spiro atoms. The maximum absolute atomic E-state index is 13.7. The lowest BCUT2D eigenvalue weighted by molar-refractivity contribution is 0.630. The van der Waals surface area contributed by atoms with Crippen molar-refractivity contribution in [1.29, 1.82) is 0 Å². The van der Waals surface area contributed by atoms with Crippen LogP contribution in [-0.2, 0) is 10.8 Å². The van der Waals surface area contributed by atoms with Crippen LogP contribution in [0.25, 0.3) is 21.5 Å². The van der Waals surface area contributed by atoms with Crippen molar-refractivity contribution in [3.63, 3.8) is 0 Å².